The van der Waals surface area contributed by atoms with Gasteiger partial charge in [0.15, 0.2) is 0 Å². The van der Waals surface area contributed by atoms with Gasteiger partial charge in [0, 0.05) is 13.1 Å². The maximum Gasteiger partial charge on any atom is 0.308 e. The lowest BCUT2D eigenvalue weighted by atomic mass is 9.96. The first-order chi connectivity index (χ1) is 12.9. The van der Waals surface area contributed by atoms with Crippen LogP contribution in [0.5, 0.6) is 0 Å². The molecule has 1 aliphatic rings. The molecular weight excluding hydrogens is 346 g/mol. The maximum absolute atomic E-state index is 12.9. The number of benzene rings is 1. The molecule has 1 aliphatic heterocycles. The van der Waals surface area contributed by atoms with E-state index in [1.165, 1.54) is 12.0 Å². The zero-order chi connectivity index (χ0) is 19.6. The first-order valence-electron chi connectivity index (χ1n) is 8.97. The van der Waals surface area contributed by atoms with Crippen molar-refractivity contribution < 1.29 is 19.1 Å². The van der Waals surface area contributed by atoms with Gasteiger partial charge in [-0.25, -0.2) is 4.68 Å². The third-order valence-corrected chi connectivity index (χ3v) is 5.03. The number of esters is 1. The number of methoxy groups -OCH3 is 1. The highest BCUT2D eigenvalue weighted by atomic mass is 16.5. The Bertz CT molecular complexity index is 865. The molecule has 0 N–H and O–H groups in total. The lowest BCUT2D eigenvalue weighted by molar-refractivity contribution is -0.148. The Balaban J connectivity index is 1.78. The van der Waals surface area contributed by atoms with E-state index >= 15 is 0 Å². The van der Waals surface area contributed by atoms with Gasteiger partial charge in [0.2, 0.25) is 0 Å². The second kappa shape index (κ2) is 7.73. The first-order valence-corrected chi connectivity index (χ1v) is 8.97. The molecule has 2 aromatic rings. The number of amides is 1. The van der Waals surface area contributed by atoms with Crippen LogP contribution in [0.15, 0.2) is 30.3 Å². The minimum absolute atomic E-state index is 0.210. The largest absolute Gasteiger partial charge is 0.469 e. The molecule has 7 heteroatoms. The van der Waals surface area contributed by atoms with Crippen LogP contribution >= 0.6 is 0 Å². The summed E-state index contributed by atoms with van der Waals surface area (Å²) in [5.74, 6) is -1.57. The van der Waals surface area contributed by atoms with Crippen molar-refractivity contribution in [2.75, 3.05) is 20.2 Å². The quantitative estimate of drug-likeness (QED) is 0.468. The summed E-state index contributed by atoms with van der Waals surface area (Å²) >= 11 is 0. The number of aryl methyl sites for hydroxylation is 1. The van der Waals surface area contributed by atoms with Crippen molar-refractivity contribution in [3.63, 3.8) is 0 Å². The van der Waals surface area contributed by atoms with E-state index in [0.29, 0.717) is 42.9 Å². The van der Waals surface area contributed by atoms with Crippen molar-refractivity contribution in [2.24, 2.45) is 5.92 Å². The molecule has 0 atom stereocenters. The molecule has 0 unspecified atom stereocenters. The van der Waals surface area contributed by atoms with Crippen molar-refractivity contribution >= 4 is 17.7 Å². The number of hydrogen-bond acceptors (Lipinski definition) is 5. The highest BCUT2D eigenvalue weighted by Crippen LogP contribution is 2.22. The van der Waals surface area contributed by atoms with Crippen LogP contribution in [0.25, 0.3) is 5.69 Å². The number of aromatic nitrogens is 2. The molecule has 0 spiro atoms. The zero-order valence-electron chi connectivity index (χ0n) is 15.8. The number of ether oxygens (including phenoxy) is 1. The number of hydrogen-bond donors (Lipinski definition) is 0. The summed E-state index contributed by atoms with van der Waals surface area (Å²) in [7, 11) is 1.36. The molecule has 2 heterocycles. The van der Waals surface area contributed by atoms with Crippen LogP contribution < -0.4 is 0 Å². The molecule has 7 nitrogen and oxygen atoms in total. The summed E-state index contributed by atoms with van der Waals surface area (Å²) in [6.45, 7) is 4.26. The number of likely N-dealkylation sites (tertiary alicyclic amines) is 1. The molecule has 142 valence electrons. The van der Waals surface area contributed by atoms with E-state index in [1.54, 1.807) is 18.5 Å². The van der Waals surface area contributed by atoms with Gasteiger partial charge in [0.1, 0.15) is 0 Å². The topological polar surface area (TPSA) is 81.5 Å². The normalized spacial score (nSPS) is 14.9. The van der Waals surface area contributed by atoms with Crippen LogP contribution in [-0.2, 0) is 14.3 Å². The van der Waals surface area contributed by atoms with Gasteiger partial charge in [-0.15, -0.1) is 0 Å². The van der Waals surface area contributed by atoms with E-state index < -0.39 is 11.7 Å². The van der Waals surface area contributed by atoms with Gasteiger partial charge in [0.05, 0.1) is 35.7 Å². The number of rotatable bonds is 4. The van der Waals surface area contributed by atoms with Crippen LogP contribution in [0.3, 0.4) is 0 Å². The lowest BCUT2D eigenvalue weighted by Crippen LogP contribution is -2.43. The molecule has 1 aromatic heterocycles. The molecular formula is C20H23N3O4. The Hall–Kier alpha value is -2.96. The highest BCUT2D eigenvalue weighted by Gasteiger charge is 2.33. The second-order valence-electron chi connectivity index (χ2n) is 6.71. The number of Topliss-reactive ketones (excluding diaryl/α,β-unsaturated/α-hetero) is 1. The Kier molecular flexibility index (Phi) is 5.39. The van der Waals surface area contributed by atoms with Gasteiger partial charge in [-0.1, -0.05) is 18.2 Å². The van der Waals surface area contributed by atoms with Gasteiger partial charge >= 0.3 is 5.97 Å². The van der Waals surface area contributed by atoms with Crippen LogP contribution in [0, 0.1) is 19.8 Å². The van der Waals surface area contributed by atoms with Crippen molar-refractivity contribution in [3.8, 4) is 5.69 Å². The van der Waals surface area contributed by atoms with E-state index in [4.69, 9.17) is 4.74 Å². The molecule has 0 bridgehead atoms. The molecule has 0 aliphatic carbocycles. The minimum Gasteiger partial charge on any atom is -0.469 e. The fourth-order valence-electron chi connectivity index (χ4n) is 3.53. The van der Waals surface area contributed by atoms with Crippen molar-refractivity contribution in [1.29, 1.82) is 0 Å². The Morgan fingerprint density at radius 1 is 1.07 bits per heavy atom. The smallest absolute Gasteiger partial charge is 0.308 e. The summed E-state index contributed by atoms with van der Waals surface area (Å²) in [5, 5.41) is 4.44. The first kappa shape index (κ1) is 18.8. The molecule has 1 aromatic carbocycles. The van der Waals surface area contributed by atoms with E-state index in [-0.39, 0.29) is 11.9 Å². The maximum atomic E-state index is 12.9. The standard InChI is InChI=1S/C20H23N3O4/c1-13-17(14(2)23(21-13)16-7-5-4-6-8-16)18(24)19(25)22-11-9-15(10-12-22)20(26)27-3/h4-8,15H,9-12H2,1-3H3. The third-order valence-electron chi connectivity index (χ3n) is 5.03. The van der Waals surface area contributed by atoms with Crippen LogP contribution in [0.2, 0.25) is 0 Å². The molecule has 0 saturated carbocycles. The fraction of sp³-hybridized carbons (Fsp3) is 0.400. The Labute approximate surface area is 157 Å². The molecule has 3 rings (SSSR count). The summed E-state index contributed by atoms with van der Waals surface area (Å²) in [6, 6.07) is 9.48. The average Bonchev–Trinajstić information content (AvgIpc) is 3.01. The van der Waals surface area contributed by atoms with Gasteiger partial charge in [-0.2, -0.15) is 5.10 Å². The summed E-state index contributed by atoms with van der Waals surface area (Å²) in [6.07, 6.45) is 1.01. The molecule has 1 saturated heterocycles. The summed E-state index contributed by atoms with van der Waals surface area (Å²) < 4.78 is 6.44. The van der Waals surface area contributed by atoms with Crippen LogP contribution in [0.1, 0.15) is 34.6 Å². The predicted octanol–water partition coefficient (Wildman–Crippen LogP) is 2.08. The predicted molar refractivity (Wildman–Crippen MR) is 98.7 cm³/mol. The number of ketones is 1. The van der Waals surface area contributed by atoms with Crippen LogP contribution in [0.4, 0.5) is 0 Å². The lowest BCUT2D eigenvalue weighted by Gasteiger charge is -2.30. The average molecular weight is 369 g/mol. The van der Waals surface area contributed by atoms with Crippen molar-refractivity contribution in [3.05, 3.63) is 47.3 Å². The third kappa shape index (κ3) is 3.63. The number of piperidine rings is 1. The highest BCUT2D eigenvalue weighted by molar-refractivity contribution is 6.43. The van der Waals surface area contributed by atoms with Gasteiger partial charge in [-0.3, -0.25) is 14.4 Å². The second-order valence-corrected chi connectivity index (χ2v) is 6.71. The number of carbonyl (C=O) groups is 3. The number of carbonyl (C=O) groups excluding carboxylic acids is 3. The van der Waals surface area contributed by atoms with E-state index in [1.807, 2.05) is 30.3 Å². The summed E-state index contributed by atoms with van der Waals surface area (Å²) in [4.78, 5) is 38.7. The van der Waals surface area contributed by atoms with Gasteiger partial charge < -0.3 is 9.64 Å². The number of nitrogens with zero attached hydrogens (tertiary/aromatic N) is 3. The van der Waals surface area contributed by atoms with Gasteiger partial charge in [0.25, 0.3) is 11.7 Å². The van der Waals surface area contributed by atoms with E-state index in [2.05, 4.69) is 5.10 Å². The van der Waals surface area contributed by atoms with Crippen molar-refractivity contribution in [1.82, 2.24) is 14.7 Å². The minimum atomic E-state index is -0.552. The van der Waals surface area contributed by atoms with Gasteiger partial charge in [-0.05, 0) is 38.8 Å². The Morgan fingerprint density at radius 3 is 2.30 bits per heavy atom. The number of para-hydroxylation sites is 1. The van der Waals surface area contributed by atoms with E-state index in [9.17, 15) is 14.4 Å². The molecule has 1 fully saturated rings. The fourth-order valence-corrected chi connectivity index (χ4v) is 3.53. The SMILES string of the molecule is COC(=O)C1CCN(C(=O)C(=O)c2c(C)nn(-c3ccccc3)c2C)CC1. The van der Waals surface area contributed by atoms with E-state index in [0.717, 1.165) is 5.69 Å². The zero-order valence-corrected chi connectivity index (χ0v) is 15.8. The molecule has 27 heavy (non-hydrogen) atoms. The summed E-state index contributed by atoms with van der Waals surface area (Å²) in [5.41, 5.74) is 2.35. The Morgan fingerprint density at radius 2 is 1.70 bits per heavy atom. The van der Waals surface area contributed by atoms with Crippen molar-refractivity contribution in [2.45, 2.75) is 26.7 Å². The molecule has 0 radical (unpaired) electrons. The monoisotopic (exact) mass is 369 g/mol. The molecule has 1 amide bonds. The van der Waals surface area contributed by atoms with Crippen LogP contribution in [-0.4, -0.2) is 52.5 Å².